The first-order chi connectivity index (χ1) is 10.5. The van der Waals surface area contributed by atoms with Crippen molar-refractivity contribution in [1.82, 2.24) is 4.98 Å². The van der Waals surface area contributed by atoms with Crippen LogP contribution in [0, 0.1) is 12.7 Å². The number of fused-ring (bicyclic) bond motifs is 1. The van der Waals surface area contributed by atoms with Crippen LogP contribution in [-0.2, 0) is 0 Å². The highest BCUT2D eigenvalue weighted by Crippen LogP contribution is 2.31. The summed E-state index contributed by atoms with van der Waals surface area (Å²) in [4.78, 5) is 15.8. The summed E-state index contributed by atoms with van der Waals surface area (Å²) < 4.78 is 13.9. The summed E-state index contributed by atoms with van der Waals surface area (Å²) >= 11 is 3.48. The third kappa shape index (κ3) is 2.60. The summed E-state index contributed by atoms with van der Waals surface area (Å²) in [7, 11) is 0. The maximum atomic E-state index is 13.1. The van der Waals surface area contributed by atoms with Gasteiger partial charge in [-0.15, -0.1) is 0 Å². The number of benzene rings is 2. The number of carboxylic acids is 1. The van der Waals surface area contributed by atoms with Crippen molar-refractivity contribution in [3.05, 3.63) is 64.0 Å². The lowest BCUT2D eigenvalue weighted by Gasteiger charge is -2.10. The predicted octanol–water partition coefficient (Wildman–Crippen LogP) is 4.81. The standard InChI is InChI=1S/C17H11BrFNO2/c1-9-6-14(18)13-8-12(10-2-4-11(19)5-3-10)16(17(21)22)20-15(13)7-9/h2-8H,1H3,(H,21,22). The zero-order chi connectivity index (χ0) is 15.9. The van der Waals surface area contributed by atoms with Gasteiger partial charge in [0.15, 0.2) is 5.69 Å². The first kappa shape index (κ1) is 14.7. The molecule has 0 aliphatic heterocycles. The van der Waals surface area contributed by atoms with E-state index in [9.17, 15) is 14.3 Å². The fraction of sp³-hybridized carbons (Fsp3) is 0.0588. The smallest absolute Gasteiger partial charge is 0.355 e. The molecule has 0 atom stereocenters. The molecule has 3 aromatic rings. The molecule has 3 rings (SSSR count). The fourth-order valence-electron chi connectivity index (χ4n) is 2.38. The van der Waals surface area contributed by atoms with Crippen molar-refractivity contribution >= 4 is 32.8 Å². The van der Waals surface area contributed by atoms with E-state index in [4.69, 9.17) is 0 Å². The minimum Gasteiger partial charge on any atom is -0.476 e. The van der Waals surface area contributed by atoms with Gasteiger partial charge in [-0.2, -0.15) is 0 Å². The molecular formula is C17H11BrFNO2. The second-order valence-electron chi connectivity index (χ2n) is 5.01. The number of carbonyl (C=O) groups is 1. The first-order valence-corrected chi connectivity index (χ1v) is 7.35. The van der Waals surface area contributed by atoms with Gasteiger partial charge in [-0.1, -0.05) is 28.1 Å². The molecule has 0 radical (unpaired) electrons. The number of rotatable bonds is 2. The molecule has 2 aromatic carbocycles. The molecule has 22 heavy (non-hydrogen) atoms. The zero-order valence-corrected chi connectivity index (χ0v) is 13.2. The highest BCUT2D eigenvalue weighted by molar-refractivity contribution is 9.10. The van der Waals surface area contributed by atoms with E-state index in [1.54, 1.807) is 18.2 Å². The van der Waals surface area contributed by atoms with Crippen molar-refractivity contribution in [2.24, 2.45) is 0 Å². The average molecular weight is 360 g/mol. The largest absolute Gasteiger partial charge is 0.476 e. The van der Waals surface area contributed by atoms with Crippen molar-refractivity contribution in [1.29, 1.82) is 0 Å². The number of pyridine rings is 1. The Morgan fingerprint density at radius 1 is 1.18 bits per heavy atom. The Bertz CT molecular complexity index is 891. The molecule has 110 valence electrons. The van der Waals surface area contributed by atoms with Crippen LogP contribution in [0.3, 0.4) is 0 Å². The average Bonchev–Trinajstić information content (AvgIpc) is 2.47. The summed E-state index contributed by atoms with van der Waals surface area (Å²) in [6, 6.07) is 11.2. The molecule has 5 heteroatoms. The van der Waals surface area contributed by atoms with Gasteiger partial charge in [0.1, 0.15) is 5.82 Å². The Hall–Kier alpha value is -2.27. The quantitative estimate of drug-likeness (QED) is 0.714. The lowest BCUT2D eigenvalue weighted by molar-refractivity contribution is 0.0692. The van der Waals surface area contributed by atoms with Crippen molar-refractivity contribution in [2.45, 2.75) is 6.92 Å². The van der Waals surface area contributed by atoms with Crippen molar-refractivity contribution in [3.8, 4) is 11.1 Å². The molecule has 0 bridgehead atoms. The number of aryl methyl sites for hydroxylation is 1. The molecule has 0 aliphatic rings. The van der Waals surface area contributed by atoms with Crippen LogP contribution in [0.2, 0.25) is 0 Å². The topological polar surface area (TPSA) is 50.2 Å². The van der Waals surface area contributed by atoms with E-state index < -0.39 is 5.97 Å². The molecule has 0 spiro atoms. The Labute approximate surface area is 134 Å². The van der Waals surface area contributed by atoms with Crippen LogP contribution < -0.4 is 0 Å². The number of halogens is 2. The molecule has 0 fully saturated rings. The minimum absolute atomic E-state index is 0.0448. The molecule has 0 aliphatic carbocycles. The molecule has 0 unspecified atom stereocenters. The summed E-state index contributed by atoms with van der Waals surface area (Å²) in [5.41, 5.74) is 2.62. The van der Waals surface area contributed by atoms with E-state index in [1.165, 1.54) is 12.1 Å². The number of aromatic nitrogens is 1. The molecule has 3 nitrogen and oxygen atoms in total. The zero-order valence-electron chi connectivity index (χ0n) is 11.6. The Kier molecular flexibility index (Phi) is 3.66. The van der Waals surface area contributed by atoms with E-state index in [0.717, 1.165) is 15.4 Å². The van der Waals surface area contributed by atoms with Gasteiger partial charge >= 0.3 is 5.97 Å². The maximum Gasteiger partial charge on any atom is 0.355 e. The van der Waals surface area contributed by atoms with E-state index >= 15 is 0 Å². The van der Waals surface area contributed by atoms with Crippen LogP contribution in [0.4, 0.5) is 4.39 Å². The summed E-state index contributed by atoms with van der Waals surface area (Å²) in [6.45, 7) is 1.92. The SMILES string of the molecule is Cc1cc(Br)c2cc(-c3ccc(F)cc3)c(C(=O)O)nc2c1. The van der Waals surface area contributed by atoms with Crippen LogP contribution in [0.25, 0.3) is 22.0 Å². The summed E-state index contributed by atoms with van der Waals surface area (Å²) in [5.74, 6) is -1.48. The maximum absolute atomic E-state index is 13.1. The predicted molar refractivity (Wildman–Crippen MR) is 86.5 cm³/mol. The lowest BCUT2D eigenvalue weighted by Crippen LogP contribution is -2.04. The van der Waals surface area contributed by atoms with Gasteiger partial charge in [-0.05, 0) is 48.4 Å². The number of aromatic carboxylic acids is 1. The van der Waals surface area contributed by atoms with E-state index in [0.29, 0.717) is 16.6 Å². The van der Waals surface area contributed by atoms with E-state index in [2.05, 4.69) is 20.9 Å². The normalized spacial score (nSPS) is 10.9. The van der Waals surface area contributed by atoms with Gasteiger partial charge in [-0.3, -0.25) is 0 Å². The van der Waals surface area contributed by atoms with Crippen molar-refractivity contribution in [3.63, 3.8) is 0 Å². The fourth-order valence-corrected chi connectivity index (χ4v) is 3.06. The second-order valence-corrected chi connectivity index (χ2v) is 5.86. The van der Waals surface area contributed by atoms with Gasteiger partial charge in [0.05, 0.1) is 5.52 Å². The summed E-state index contributed by atoms with van der Waals surface area (Å²) in [5, 5.41) is 10.2. The Morgan fingerprint density at radius 2 is 1.86 bits per heavy atom. The first-order valence-electron chi connectivity index (χ1n) is 6.56. The van der Waals surface area contributed by atoms with Crippen LogP contribution in [-0.4, -0.2) is 16.1 Å². The molecule has 1 heterocycles. The van der Waals surface area contributed by atoms with E-state index in [1.807, 2.05) is 19.1 Å². The van der Waals surface area contributed by atoms with Gasteiger partial charge in [0.2, 0.25) is 0 Å². The molecule has 1 N–H and O–H groups in total. The second kappa shape index (κ2) is 5.50. The lowest BCUT2D eigenvalue weighted by atomic mass is 10.0. The van der Waals surface area contributed by atoms with Gasteiger partial charge < -0.3 is 5.11 Å². The van der Waals surface area contributed by atoms with Crippen LogP contribution in [0.15, 0.2) is 46.9 Å². The minimum atomic E-state index is -1.11. The van der Waals surface area contributed by atoms with Crippen LogP contribution in [0.1, 0.15) is 16.1 Å². The monoisotopic (exact) mass is 359 g/mol. The molecular weight excluding hydrogens is 349 g/mol. The van der Waals surface area contributed by atoms with Gasteiger partial charge in [0.25, 0.3) is 0 Å². The Balaban J connectivity index is 2.34. The van der Waals surface area contributed by atoms with Gasteiger partial charge in [0, 0.05) is 15.4 Å². The highest BCUT2D eigenvalue weighted by Gasteiger charge is 2.16. The van der Waals surface area contributed by atoms with Crippen molar-refractivity contribution < 1.29 is 14.3 Å². The third-order valence-corrected chi connectivity index (χ3v) is 4.04. The Morgan fingerprint density at radius 3 is 2.50 bits per heavy atom. The molecule has 0 saturated heterocycles. The summed E-state index contributed by atoms with van der Waals surface area (Å²) in [6.07, 6.45) is 0. The third-order valence-electron chi connectivity index (χ3n) is 3.39. The van der Waals surface area contributed by atoms with Crippen molar-refractivity contribution in [2.75, 3.05) is 0 Å². The number of nitrogens with zero attached hydrogens (tertiary/aromatic N) is 1. The number of hydrogen-bond acceptors (Lipinski definition) is 2. The number of hydrogen-bond donors (Lipinski definition) is 1. The van der Waals surface area contributed by atoms with E-state index in [-0.39, 0.29) is 11.5 Å². The van der Waals surface area contributed by atoms with Crippen LogP contribution in [0.5, 0.6) is 0 Å². The molecule has 0 amide bonds. The molecule has 1 aromatic heterocycles. The highest BCUT2D eigenvalue weighted by atomic mass is 79.9. The van der Waals surface area contributed by atoms with Gasteiger partial charge in [-0.25, -0.2) is 14.2 Å². The molecule has 0 saturated carbocycles. The van der Waals surface area contributed by atoms with Crippen LogP contribution >= 0.6 is 15.9 Å². The number of carboxylic acid groups (broad SMARTS) is 1.